The first-order valence-electron chi connectivity index (χ1n) is 13.5. The molecule has 0 amide bonds. The first-order valence-corrected chi connectivity index (χ1v) is 14.3. The smallest absolute Gasteiger partial charge is 0.252 e. The lowest BCUT2D eigenvalue weighted by atomic mass is 10.0. The van der Waals surface area contributed by atoms with Gasteiger partial charge in [-0.15, -0.1) is 0 Å². The number of aryl methyl sites for hydroxylation is 2. The Morgan fingerprint density at radius 1 is 0.595 bits per heavy atom. The highest BCUT2D eigenvalue weighted by atomic mass is 32.1. The standard InChI is InChI=1S/C35H24N4O2S/c1-21-7-13-24(14-8-21)39(25-15-9-22(2)10-16-25)26-17-11-23(12-18-26)27-19-20-30(33-31(27)37-42-38-33)36-32-28-5-3-4-6-29(28)34(40)35(32)41/h3-20H,1-2H3. The van der Waals surface area contributed by atoms with Gasteiger partial charge in [0.05, 0.1) is 17.4 Å². The molecule has 202 valence electrons. The molecule has 0 spiro atoms. The second-order valence-electron chi connectivity index (χ2n) is 10.3. The average Bonchev–Trinajstić information content (AvgIpc) is 3.60. The number of hydrogen-bond acceptors (Lipinski definition) is 7. The third-order valence-electron chi connectivity index (χ3n) is 7.50. The molecule has 0 aliphatic heterocycles. The fraction of sp³-hybridized carbons (Fsp3) is 0.0571. The van der Waals surface area contributed by atoms with E-state index in [1.165, 1.54) is 11.1 Å². The molecule has 7 heteroatoms. The highest BCUT2D eigenvalue weighted by Gasteiger charge is 2.16. The van der Waals surface area contributed by atoms with Crippen molar-refractivity contribution in [3.8, 4) is 11.1 Å². The van der Waals surface area contributed by atoms with Crippen LogP contribution in [-0.2, 0) is 0 Å². The molecule has 0 atom stereocenters. The summed E-state index contributed by atoms with van der Waals surface area (Å²) in [4.78, 5) is 32.1. The molecule has 1 heterocycles. The van der Waals surface area contributed by atoms with E-state index in [0.717, 1.165) is 39.9 Å². The van der Waals surface area contributed by atoms with Gasteiger partial charge in [-0.25, -0.2) is 4.99 Å². The Bertz CT molecular complexity index is 2200. The van der Waals surface area contributed by atoms with Crippen LogP contribution in [0.3, 0.4) is 0 Å². The second-order valence-corrected chi connectivity index (χ2v) is 10.8. The lowest BCUT2D eigenvalue weighted by Gasteiger charge is -2.26. The van der Waals surface area contributed by atoms with Crippen LogP contribution in [0.2, 0.25) is 0 Å². The molecule has 0 aliphatic rings. The molecule has 0 unspecified atom stereocenters. The molecular formula is C35H24N4O2S. The zero-order valence-electron chi connectivity index (χ0n) is 22.9. The maximum Gasteiger partial charge on any atom is 0.252 e. The Kier molecular flexibility index (Phi) is 6.29. The van der Waals surface area contributed by atoms with Gasteiger partial charge in [0.25, 0.3) is 5.43 Å². The first-order chi connectivity index (χ1) is 20.5. The van der Waals surface area contributed by atoms with E-state index in [1.54, 1.807) is 24.3 Å². The van der Waals surface area contributed by atoms with Crippen molar-refractivity contribution >= 4 is 56.3 Å². The molecular weight excluding hydrogens is 540 g/mol. The molecule has 0 saturated carbocycles. The van der Waals surface area contributed by atoms with Crippen molar-refractivity contribution in [2.75, 3.05) is 4.90 Å². The Labute approximate surface area is 245 Å². The van der Waals surface area contributed by atoms with E-state index >= 15 is 0 Å². The van der Waals surface area contributed by atoms with Crippen molar-refractivity contribution < 1.29 is 0 Å². The van der Waals surface area contributed by atoms with Crippen LogP contribution < -0.4 is 21.1 Å². The highest BCUT2D eigenvalue weighted by molar-refractivity contribution is 7.00. The van der Waals surface area contributed by atoms with Gasteiger partial charge in [-0.2, -0.15) is 8.75 Å². The maximum atomic E-state index is 12.7. The summed E-state index contributed by atoms with van der Waals surface area (Å²) in [5, 5.41) is 1.08. The van der Waals surface area contributed by atoms with Crippen molar-refractivity contribution in [1.82, 2.24) is 8.75 Å². The first kappa shape index (κ1) is 25.7. The monoisotopic (exact) mass is 564 g/mol. The van der Waals surface area contributed by atoms with Crippen molar-refractivity contribution in [2.24, 2.45) is 4.99 Å². The summed E-state index contributed by atoms with van der Waals surface area (Å²) in [7, 11) is 0. The summed E-state index contributed by atoms with van der Waals surface area (Å²) >= 11 is 1.10. The van der Waals surface area contributed by atoms with E-state index in [9.17, 15) is 9.59 Å². The van der Waals surface area contributed by atoms with E-state index in [2.05, 4.69) is 105 Å². The minimum atomic E-state index is -0.598. The van der Waals surface area contributed by atoms with Crippen molar-refractivity contribution in [3.63, 3.8) is 0 Å². The average molecular weight is 565 g/mol. The van der Waals surface area contributed by atoms with Crippen LogP contribution in [0, 0.1) is 13.8 Å². The van der Waals surface area contributed by atoms with Gasteiger partial charge in [-0.3, -0.25) is 9.59 Å². The third kappa shape index (κ3) is 4.40. The summed E-state index contributed by atoms with van der Waals surface area (Å²) in [6.45, 7) is 4.17. The fourth-order valence-corrected chi connectivity index (χ4v) is 5.84. The SMILES string of the molecule is Cc1ccc(N(c2ccc(C)cc2)c2ccc(-c3ccc(N=c4c(=O)c(=O)c5ccccc45)c4nsnc34)cc2)cc1. The van der Waals surface area contributed by atoms with Crippen molar-refractivity contribution in [2.45, 2.75) is 13.8 Å². The van der Waals surface area contributed by atoms with Crippen LogP contribution in [0.4, 0.5) is 22.7 Å². The van der Waals surface area contributed by atoms with Gasteiger partial charge < -0.3 is 4.90 Å². The lowest BCUT2D eigenvalue weighted by molar-refractivity contribution is 1.27. The number of aromatic nitrogens is 2. The van der Waals surface area contributed by atoms with Crippen molar-refractivity contribution in [1.29, 1.82) is 0 Å². The summed E-state index contributed by atoms with van der Waals surface area (Å²) in [6.07, 6.45) is 0. The van der Waals surface area contributed by atoms with Gasteiger partial charge in [-0.05, 0) is 67.9 Å². The van der Waals surface area contributed by atoms with E-state index in [0.29, 0.717) is 27.5 Å². The Morgan fingerprint density at radius 2 is 1.14 bits per heavy atom. The zero-order chi connectivity index (χ0) is 28.8. The van der Waals surface area contributed by atoms with Gasteiger partial charge in [0.15, 0.2) is 0 Å². The van der Waals surface area contributed by atoms with Gasteiger partial charge in [-0.1, -0.05) is 71.8 Å². The summed E-state index contributed by atoms with van der Waals surface area (Å²) < 4.78 is 9.08. The van der Waals surface area contributed by atoms with Crippen LogP contribution in [0.5, 0.6) is 0 Å². The maximum absolute atomic E-state index is 12.7. The third-order valence-corrected chi connectivity index (χ3v) is 8.02. The Hall–Kier alpha value is -5.27. The van der Waals surface area contributed by atoms with Gasteiger partial charge in [0, 0.05) is 33.4 Å². The van der Waals surface area contributed by atoms with Gasteiger partial charge in [0.2, 0.25) is 5.43 Å². The number of hydrogen-bond donors (Lipinski definition) is 0. The fourth-order valence-electron chi connectivity index (χ4n) is 5.27. The molecule has 42 heavy (non-hydrogen) atoms. The molecule has 1 aromatic heterocycles. The molecule has 6 aromatic carbocycles. The topological polar surface area (TPSA) is 75.5 Å². The molecule has 0 aliphatic carbocycles. The van der Waals surface area contributed by atoms with Crippen LogP contribution in [0.1, 0.15) is 11.1 Å². The molecule has 0 N–H and O–H groups in total. The predicted molar refractivity (Wildman–Crippen MR) is 171 cm³/mol. The van der Waals surface area contributed by atoms with Crippen LogP contribution in [0.15, 0.2) is 124 Å². The van der Waals surface area contributed by atoms with Crippen LogP contribution in [-0.4, -0.2) is 8.75 Å². The quantitative estimate of drug-likeness (QED) is 0.203. The van der Waals surface area contributed by atoms with E-state index in [-0.39, 0.29) is 5.36 Å². The van der Waals surface area contributed by atoms with Gasteiger partial charge >= 0.3 is 0 Å². The Balaban J connectivity index is 1.30. The highest BCUT2D eigenvalue weighted by Crippen LogP contribution is 2.38. The predicted octanol–water partition coefficient (Wildman–Crippen LogP) is 7.43. The summed E-state index contributed by atoms with van der Waals surface area (Å²) in [5.41, 5.74) is 8.19. The lowest BCUT2D eigenvalue weighted by Crippen LogP contribution is -2.30. The molecule has 0 bridgehead atoms. The molecule has 0 fully saturated rings. The van der Waals surface area contributed by atoms with E-state index in [4.69, 9.17) is 0 Å². The molecule has 7 aromatic rings. The van der Waals surface area contributed by atoms with E-state index in [1.807, 2.05) is 12.1 Å². The number of nitrogens with zero attached hydrogens (tertiary/aromatic N) is 4. The van der Waals surface area contributed by atoms with Gasteiger partial charge in [0.1, 0.15) is 16.4 Å². The summed E-state index contributed by atoms with van der Waals surface area (Å²) in [5.74, 6) is 0. The Morgan fingerprint density at radius 3 is 1.76 bits per heavy atom. The molecule has 6 nitrogen and oxygen atoms in total. The number of benzene rings is 5. The van der Waals surface area contributed by atoms with Crippen LogP contribution >= 0.6 is 11.7 Å². The zero-order valence-corrected chi connectivity index (χ0v) is 23.7. The number of anilines is 3. The number of fused-ring (bicyclic) bond motifs is 2. The van der Waals surface area contributed by atoms with E-state index < -0.39 is 10.9 Å². The number of rotatable bonds is 5. The summed E-state index contributed by atoms with van der Waals surface area (Å²) in [6, 6.07) is 36.1. The largest absolute Gasteiger partial charge is 0.311 e. The minimum Gasteiger partial charge on any atom is -0.311 e. The molecule has 0 saturated heterocycles. The normalized spacial score (nSPS) is 11.9. The second kappa shape index (κ2) is 10.3. The minimum absolute atomic E-state index is 0.148. The molecule has 0 radical (unpaired) electrons. The van der Waals surface area contributed by atoms with Crippen molar-refractivity contribution in [3.05, 3.63) is 146 Å². The molecule has 7 rings (SSSR count). The van der Waals surface area contributed by atoms with Crippen LogP contribution in [0.25, 0.3) is 32.9 Å².